The smallest absolute Gasteiger partial charge is 0.322 e. The maximum absolute atomic E-state index is 12.6. The fourth-order valence-electron chi connectivity index (χ4n) is 4.31. The van der Waals surface area contributed by atoms with Crippen LogP contribution in [0, 0.1) is 0 Å². The Bertz CT molecular complexity index is 1110. The molecule has 1 N–H and O–H groups in total. The Morgan fingerprint density at radius 1 is 0.970 bits per heavy atom. The lowest BCUT2D eigenvalue weighted by Crippen LogP contribution is -2.32. The van der Waals surface area contributed by atoms with Crippen molar-refractivity contribution in [3.05, 3.63) is 89.7 Å². The lowest BCUT2D eigenvalue weighted by atomic mass is 10.1. The van der Waals surface area contributed by atoms with Crippen LogP contribution < -0.4 is 10.1 Å². The van der Waals surface area contributed by atoms with Gasteiger partial charge in [-0.2, -0.15) is 0 Å². The van der Waals surface area contributed by atoms with Crippen LogP contribution in [0.4, 0.5) is 10.5 Å². The van der Waals surface area contributed by atoms with Crippen LogP contribution in [-0.2, 0) is 24.3 Å². The first kappa shape index (κ1) is 21.0. The molecule has 1 saturated heterocycles. The number of likely N-dealkylation sites (tertiary alicyclic amines) is 1. The molecule has 0 radical (unpaired) electrons. The third kappa shape index (κ3) is 4.98. The molecule has 1 aromatic heterocycles. The molecular formula is C26H26N4O3. The molecule has 0 spiro atoms. The van der Waals surface area contributed by atoms with Gasteiger partial charge in [-0.15, -0.1) is 0 Å². The molecule has 1 fully saturated rings. The predicted molar refractivity (Wildman–Crippen MR) is 125 cm³/mol. The van der Waals surface area contributed by atoms with E-state index in [2.05, 4.69) is 10.3 Å². The molecule has 2 aliphatic rings. The van der Waals surface area contributed by atoms with E-state index in [-0.39, 0.29) is 18.0 Å². The van der Waals surface area contributed by atoms with Gasteiger partial charge in [0.15, 0.2) is 0 Å². The maximum atomic E-state index is 12.6. The van der Waals surface area contributed by atoms with E-state index in [1.54, 1.807) is 11.1 Å². The number of hydrogen-bond donors (Lipinski definition) is 1. The maximum Gasteiger partial charge on any atom is 0.322 e. The summed E-state index contributed by atoms with van der Waals surface area (Å²) in [7, 11) is 0. The average molecular weight is 443 g/mol. The molecule has 2 aromatic carbocycles. The third-order valence-corrected chi connectivity index (χ3v) is 6.12. The molecule has 5 rings (SSSR count). The van der Waals surface area contributed by atoms with Gasteiger partial charge >= 0.3 is 6.03 Å². The average Bonchev–Trinajstić information content (AvgIpc) is 3.48. The molecule has 2 aliphatic heterocycles. The number of pyridine rings is 1. The summed E-state index contributed by atoms with van der Waals surface area (Å²) >= 11 is 0. The Morgan fingerprint density at radius 2 is 1.76 bits per heavy atom. The second-order valence-electron chi connectivity index (χ2n) is 8.49. The summed E-state index contributed by atoms with van der Waals surface area (Å²) < 4.78 is 6.08. The number of carbonyl (C=O) groups is 2. The van der Waals surface area contributed by atoms with Crippen molar-refractivity contribution in [3.8, 4) is 5.75 Å². The molecule has 1 unspecified atom stereocenters. The fraction of sp³-hybridized carbons (Fsp3) is 0.269. The van der Waals surface area contributed by atoms with Crippen LogP contribution in [0.3, 0.4) is 0 Å². The quantitative estimate of drug-likeness (QED) is 0.651. The SMILES string of the molecule is O=C(Cc1ccccc1)N1CCC(Oc2ccc(NC(=O)N3Cc4ccncc4C3)cc2)C1. The molecule has 1 atom stereocenters. The van der Waals surface area contributed by atoms with Crippen molar-refractivity contribution in [2.75, 3.05) is 18.4 Å². The van der Waals surface area contributed by atoms with Crippen molar-refractivity contribution in [1.82, 2.24) is 14.8 Å². The highest BCUT2D eigenvalue weighted by Gasteiger charge is 2.27. The highest BCUT2D eigenvalue weighted by atomic mass is 16.5. The minimum absolute atomic E-state index is 0.0260. The lowest BCUT2D eigenvalue weighted by molar-refractivity contribution is -0.129. The number of hydrogen-bond acceptors (Lipinski definition) is 4. The van der Waals surface area contributed by atoms with Gasteiger partial charge in [0.05, 0.1) is 13.0 Å². The number of nitrogens with zero attached hydrogens (tertiary/aromatic N) is 3. The zero-order chi connectivity index (χ0) is 22.6. The number of rotatable bonds is 5. The number of carbonyl (C=O) groups excluding carboxylic acids is 2. The van der Waals surface area contributed by atoms with Gasteiger partial charge in [-0.05, 0) is 47.0 Å². The fourth-order valence-corrected chi connectivity index (χ4v) is 4.31. The number of amides is 3. The van der Waals surface area contributed by atoms with Crippen molar-refractivity contribution >= 4 is 17.6 Å². The molecule has 3 heterocycles. The van der Waals surface area contributed by atoms with Gasteiger partial charge in [0.1, 0.15) is 11.9 Å². The van der Waals surface area contributed by atoms with Gasteiger partial charge in [0.2, 0.25) is 5.91 Å². The number of anilines is 1. The highest BCUT2D eigenvalue weighted by Crippen LogP contribution is 2.24. The molecule has 0 saturated carbocycles. The molecule has 0 aliphatic carbocycles. The van der Waals surface area contributed by atoms with Crippen LogP contribution >= 0.6 is 0 Å². The van der Waals surface area contributed by atoms with E-state index in [0.717, 1.165) is 28.9 Å². The summed E-state index contributed by atoms with van der Waals surface area (Å²) in [5.41, 5.74) is 3.97. The lowest BCUT2D eigenvalue weighted by Gasteiger charge is -2.18. The number of fused-ring (bicyclic) bond motifs is 1. The minimum Gasteiger partial charge on any atom is -0.489 e. The third-order valence-electron chi connectivity index (χ3n) is 6.12. The molecular weight excluding hydrogens is 416 g/mol. The number of urea groups is 1. The van der Waals surface area contributed by atoms with E-state index in [1.165, 1.54) is 0 Å². The minimum atomic E-state index is -0.136. The van der Waals surface area contributed by atoms with Crippen molar-refractivity contribution in [1.29, 1.82) is 0 Å². The van der Waals surface area contributed by atoms with Crippen LogP contribution in [0.25, 0.3) is 0 Å². The monoisotopic (exact) mass is 442 g/mol. The topological polar surface area (TPSA) is 74.8 Å². The molecule has 168 valence electrons. The van der Waals surface area contributed by atoms with Crippen molar-refractivity contribution in [2.45, 2.75) is 32.0 Å². The van der Waals surface area contributed by atoms with Gasteiger partial charge in [0.25, 0.3) is 0 Å². The first-order valence-electron chi connectivity index (χ1n) is 11.2. The van der Waals surface area contributed by atoms with Crippen LogP contribution in [0.5, 0.6) is 5.75 Å². The van der Waals surface area contributed by atoms with Crippen LogP contribution in [0.15, 0.2) is 73.1 Å². The molecule has 0 bridgehead atoms. The Balaban J connectivity index is 1.10. The Labute approximate surface area is 193 Å². The van der Waals surface area contributed by atoms with Crippen molar-refractivity contribution in [2.24, 2.45) is 0 Å². The van der Waals surface area contributed by atoms with Gasteiger partial charge in [-0.1, -0.05) is 30.3 Å². The number of nitrogens with one attached hydrogen (secondary N) is 1. The zero-order valence-corrected chi connectivity index (χ0v) is 18.3. The van der Waals surface area contributed by atoms with Gasteiger partial charge in [0, 0.05) is 44.1 Å². The Morgan fingerprint density at radius 3 is 2.55 bits per heavy atom. The van der Waals surface area contributed by atoms with E-state index in [4.69, 9.17) is 4.74 Å². The molecule has 7 nitrogen and oxygen atoms in total. The van der Waals surface area contributed by atoms with Gasteiger partial charge < -0.3 is 19.9 Å². The normalized spacial score (nSPS) is 17.0. The second-order valence-corrected chi connectivity index (χ2v) is 8.49. The summed E-state index contributed by atoms with van der Waals surface area (Å²) in [6.45, 7) is 2.45. The van der Waals surface area contributed by atoms with E-state index in [1.807, 2.05) is 71.8 Å². The Kier molecular flexibility index (Phi) is 5.93. The molecule has 3 amide bonds. The largest absolute Gasteiger partial charge is 0.489 e. The number of benzene rings is 2. The molecule has 3 aromatic rings. The van der Waals surface area contributed by atoms with Crippen LogP contribution in [-0.4, -0.2) is 45.9 Å². The summed E-state index contributed by atoms with van der Waals surface area (Å²) in [6, 6.07) is 19.0. The summed E-state index contributed by atoms with van der Waals surface area (Å²) in [6.07, 6.45) is 4.77. The zero-order valence-electron chi connectivity index (χ0n) is 18.3. The highest BCUT2D eigenvalue weighted by molar-refractivity contribution is 5.89. The van der Waals surface area contributed by atoms with Crippen molar-refractivity contribution in [3.63, 3.8) is 0 Å². The van der Waals surface area contributed by atoms with E-state index >= 15 is 0 Å². The van der Waals surface area contributed by atoms with E-state index in [9.17, 15) is 9.59 Å². The van der Waals surface area contributed by atoms with E-state index < -0.39 is 0 Å². The van der Waals surface area contributed by atoms with Crippen LogP contribution in [0.2, 0.25) is 0 Å². The van der Waals surface area contributed by atoms with E-state index in [0.29, 0.717) is 38.3 Å². The van der Waals surface area contributed by atoms with Crippen molar-refractivity contribution < 1.29 is 14.3 Å². The summed E-state index contributed by atoms with van der Waals surface area (Å²) in [4.78, 5) is 32.9. The first-order valence-corrected chi connectivity index (χ1v) is 11.2. The van der Waals surface area contributed by atoms with Gasteiger partial charge in [-0.3, -0.25) is 9.78 Å². The second kappa shape index (κ2) is 9.32. The standard InChI is InChI=1S/C26H26N4O3/c31-25(14-19-4-2-1-3-5-19)29-13-11-24(18-29)33-23-8-6-22(7-9-23)28-26(32)30-16-20-10-12-27-15-21(20)17-30/h1-10,12,15,24H,11,13-14,16-18H2,(H,28,32). The summed E-state index contributed by atoms with van der Waals surface area (Å²) in [5, 5.41) is 2.94. The number of ether oxygens (including phenoxy) is 1. The van der Waals surface area contributed by atoms with Gasteiger partial charge in [-0.25, -0.2) is 4.79 Å². The summed E-state index contributed by atoms with van der Waals surface area (Å²) in [5.74, 6) is 0.861. The van der Waals surface area contributed by atoms with Crippen LogP contribution in [0.1, 0.15) is 23.1 Å². The first-order chi connectivity index (χ1) is 16.1. The molecule has 33 heavy (non-hydrogen) atoms. The predicted octanol–water partition coefficient (Wildman–Crippen LogP) is 3.85. The number of aromatic nitrogens is 1. The molecule has 7 heteroatoms. The Hall–Kier alpha value is -3.87.